The van der Waals surface area contributed by atoms with Crippen LogP contribution in [0.15, 0.2) is 5.16 Å². The fourth-order valence-corrected chi connectivity index (χ4v) is 2.29. The van der Waals surface area contributed by atoms with Gasteiger partial charge in [0.1, 0.15) is 5.82 Å². The Bertz CT molecular complexity index is 450. The molecule has 0 saturated heterocycles. The van der Waals surface area contributed by atoms with Gasteiger partial charge in [-0.15, -0.1) is 10.2 Å². The van der Waals surface area contributed by atoms with E-state index in [1.54, 1.807) is 7.05 Å². The summed E-state index contributed by atoms with van der Waals surface area (Å²) in [4.78, 5) is 0. The molecule has 0 aromatic carbocycles. The van der Waals surface area contributed by atoms with Crippen LogP contribution in [-0.4, -0.2) is 23.2 Å². The Labute approximate surface area is 86.5 Å². The monoisotopic (exact) mass is 235 g/mol. The highest BCUT2D eigenvalue weighted by Gasteiger charge is 2.26. The van der Waals surface area contributed by atoms with E-state index in [-0.39, 0.29) is 5.16 Å². The lowest BCUT2D eigenvalue weighted by Crippen LogP contribution is -2.05. The van der Waals surface area contributed by atoms with E-state index in [0.717, 1.165) is 6.42 Å². The van der Waals surface area contributed by atoms with E-state index in [0.29, 0.717) is 11.7 Å². The second-order valence-electron chi connectivity index (χ2n) is 3.54. The number of aromatic nitrogens is 3. The third-order valence-corrected chi connectivity index (χ3v) is 3.52. The maximum Gasteiger partial charge on any atom is 0.296 e. The van der Waals surface area contributed by atoms with Crippen LogP contribution in [-0.2, 0) is 22.5 Å². The molecule has 2 rings (SSSR count). The zero-order valence-corrected chi connectivity index (χ0v) is 9.22. The Kier molecular flexibility index (Phi) is 2.27. The lowest BCUT2D eigenvalue weighted by molar-refractivity contribution is 0.588. The Morgan fingerprint density at radius 3 is 2.57 bits per heavy atom. The molecule has 0 aliphatic heterocycles. The number of hydrogen-bond donors (Lipinski definition) is 0. The van der Waals surface area contributed by atoms with Crippen LogP contribution in [0.3, 0.4) is 0 Å². The molecule has 0 amide bonds. The normalized spacial score (nSPS) is 17.3. The van der Waals surface area contributed by atoms with E-state index < -0.39 is 9.05 Å². The fourth-order valence-electron chi connectivity index (χ4n) is 1.32. The second-order valence-corrected chi connectivity index (χ2v) is 6.00. The van der Waals surface area contributed by atoms with Gasteiger partial charge in [0, 0.05) is 24.2 Å². The Hall–Kier alpha value is -0.620. The summed E-state index contributed by atoms with van der Waals surface area (Å²) in [7, 11) is 3.03. The van der Waals surface area contributed by atoms with E-state index in [1.165, 1.54) is 17.4 Å². The van der Waals surface area contributed by atoms with Crippen molar-refractivity contribution in [2.75, 3.05) is 0 Å². The maximum absolute atomic E-state index is 11.0. The van der Waals surface area contributed by atoms with E-state index in [1.807, 2.05) is 0 Å². The van der Waals surface area contributed by atoms with Crippen LogP contribution in [0.25, 0.3) is 0 Å². The van der Waals surface area contributed by atoms with Crippen LogP contribution in [0.2, 0.25) is 0 Å². The lowest BCUT2D eigenvalue weighted by atomic mass is 10.3. The minimum absolute atomic E-state index is 0.171. The number of rotatable bonds is 3. The van der Waals surface area contributed by atoms with Gasteiger partial charge in [0.15, 0.2) is 0 Å². The van der Waals surface area contributed by atoms with Crippen LogP contribution >= 0.6 is 10.7 Å². The van der Waals surface area contributed by atoms with Crippen molar-refractivity contribution in [2.45, 2.75) is 24.4 Å². The van der Waals surface area contributed by atoms with Crippen molar-refractivity contribution in [3.8, 4) is 0 Å². The molecule has 1 saturated carbocycles. The smallest absolute Gasteiger partial charge is 0.296 e. The first kappa shape index (κ1) is 9.92. The Balaban J connectivity index is 2.31. The summed E-state index contributed by atoms with van der Waals surface area (Å²) in [6, 6.07) is 0. The van der Waals surface area contributed by atoms with Gasteiger partial charge in [0.25, 0.3) is 14.2 Å². The Morgan fingerprint density at radius 2 is 2.14 bits per heavy atom. The van der Waals surface area contributed by atoms with Crippen molar-refractivity contribution in [3.05, 3.63) is 5.82 Å². The molecule has 1 heterocycles. The van der Waals surface area contributed by atoms with Crippen molar-refractivity contribution in [3.63, 3.8) is 0 Å². The summed E-state index contributed by atoms with van der Waals surface area (Å²) >= 11 is 0. The molecule has 1 fully saturated rings. The molecule has 78 valence electrons. The van der Waals surface area contributed by atoms with Gasteiger partial charge in [-0.05, 0) is 18.8 Å². The topological polar surface area (TPSA) is 64.8 Å². The molecule has 0 unspecified atom stereocenters. The lowest BCUT2D eigenvalue weighted by Gasteiger charge is -1.99. The number of halogens is 1. The van der Waals surface area contributed by atoms with Crippen LogP contribution in [0.5, 0.6) is 0 Å². The third-order valence-electron chi connectivity index (χ3n) is 2.31. The van der Waals surface area contributed by atoms with Gasteiger partial charge in [-0.3, -0.25) is 0 Å². The maximum atomic E-state index is 11.0. The molecule has 5 nitrogen and oxygen atoms in total. The van der Waals surface area contributed by atoms with Gasteiger partial charge >= 0.3 is 0 Å². The molecule has 1 aromatic rings. The first-order valence-electron chi connectivity index (χ1n) is 4.31. The molecule has 7 heteroatoms. The van der Waals surface area contributed by atoms with Crippen molar-refractivity contribution in [2.24, 2.45) is 13.0 Å². The zero-order valence-electron chi connectivity index (χ0n) is 7.64. The molecule has 1 aliphatic carbocycles. The minimum atomic E-state index is -3.77. The SMILES string of the molecule is Cn1c(CC2CC2)nnc1S(=O)(=O)Cl. The number of hydrogen-bond acceptors (Lipinski definition) is 4. The van der Waals surface area contributed by atoms with E-state index in [2.05, 4.69) is 10.2 Å². The summed E-state index contributed by atoms with van der Waals surface area (Å²) in [5, 5.41) is 7.20. The molecule has 1 aliphatic rings. The molecular formula is C7H10ClN3O2S. The van der Waals surface area contributed by atoms with E-state index in [9.17, 15) is 8.42 Å². The molecule has 0 bridgehead atoms. The molecule has 0 atom stereocenters. The first-order valence-corrected chi connectivity index (χ1v) is 6.62. The zero-order chi connectivity index (χ0) is 10.3. The number of nitrogens with zero attached hydrogens (tertiary/aromatic N) is 3. The molecule has 0 N–H and O–H groups in total. The van der Waals surface area contributed by atoms with Crippen LogP contribution < -0.4 is 0 Å². The van der Waals surface area contributed by atoms with E-state index in [4.69, 9.17) is 10.7 Å². The average Bonchev–Trinajstić information content (AvgIpc) is 2.76. The highest BCUT2D eigenvalue weighted by Crippen LogP contribution is 2.32. The average molecular weight is 236 g/mol. The van der Waals surface area contributed by atoms with Gasteiger partial charge < -0.3 is 4.57 Å². The molecule has 14 heavy (non-hydrogen) atoms. The largest absolute Gasteiger partial charge is 0.304 e. The summed E-state index contributed by atoms with van der Waals surface area (Å²) < 4.78 is 23.5. The fraction of sp³-hybridized carbons (Fsp3) is 0.714. The van der Waals surface area contributed by atoms with Crippen LogP contribution in [0, 0.1) is 5.92 Å². The summed E-state index contributed by atoms with van der Waals surface area (Å²) in [5.74, 6) is 1.33. The predicted octanol–water partition coefficient (Wildman–Crippen LogP) is 0.695. The molecule has 0 spiro atoms. The van der Waals surface area contributed by atoms with Gasteiger partial charge in [-0.2, -0.15) is 0 Å². The van der Waals surface area contributed by atoms with Crippen LogP contribution in [0.1, 0.15) is 18.7 Å². The van der Waals surface area contributed by atoms with Gasteiger partial charge in [-0.1, -0.05) is 0 Å². The Morgan fingerprint density at radius 1 is 1.50 bits per heavy atom. The summed E-state index contributed by atoms with van der Waals surface area (Å²) in [6.07, 6.45) is 3.17. The predicted molar refractivity (Wildman–Crippen MR) is 50.5 cm³/mol. The molecular weight excluding hydrogens is 226 g/mol. The van der Waals surface area contributed by atoms with E-state index >= 15 is 0 Å². The van der Waals surface area contributed by atoms with Gasteiger partial charge in [-0.25, -0.2) is 8.42 Å². The van der Waals surface area contributed by atoms with Crippen molar-refractivity contribution in [1.29, 1.82) is 0 Å². The second kappa shape index (κ2) is 3.20. The standard InChI is InChI=1S/C7H10ClN3O2S/c1-11-6(4-5-2-3-5)9-10-7(11)14(8,12)13/h5H,2-4H2,1H3. The highest BCUT2D eigenvalue weighted by molar-refractivity contribution is 8.13. The quantitative estimate of drug-likeness (QED) is 0.724. The third kappa shape index (κ3) is 1.90. The summed E-state index contributed by atoms with van der Waals surface area (Å²) in [5.41, 5.74) is 0. The van der Waals surface area contributed by atoms with Crippen molar-refractivity contribution >= 4 is 19.7 Å². The molecule has 0 radical (unpaired) electrons. The van der Waals surface area contributed by atoms with Crippen molar-refractivity contribution < 1.29 is 8.42 Å². The minimum Gasteiger partial charge on any atom is -0.304 e. The van der Waals surface area contributed by atoms with Crippen LogP contribution in [0.4, 0.5) is 0 Å². The summed E-state index contributed by atoms with van der Waals surface area (Å²) in [6.45, 7) is 0. The highest BCUT2D eigenvalue weighted by atomic mass is 35.7. The first-order chi connectivity index (χ1) is 6.48. The molecule has 1 aromatic heterocycles. The van der Waals surface area contributed by atoms with Gasteiger partial charge in [0.2, 0.25) is 0 Å². The van der Waals surface area contributed by atoms with Gasteiger partial charge in [0.05, 0.1) is 0 Å². The van der Waals surface area contributed by atoms with Crippen molar-refractivity contribution in [1.82, 2.24) is 14.8 Å².